The lowest BCUT2D eigenvalue weighted by atomic mass is 10.2. The van der Waals surface area contributed by atoms with Crippen molar-refractivity contribution < 1.29 is 23.8 Å². The van der Waals surface area contributed by atoms with Gasteiger partial charge in [-0.3, -0.25) is 0 Å². The second-order valence-corrected chi connectivity index (χ2v) is 5.20. The molecule has 1 saturated heterocycles. The third kappa shape index (κ3) is 4.43. The lowest BCUT2D eigenvalue weighted by Gasteiger charge is -2.34. The van der Waals surface area contributed by atoms with E-state index in [1.165, 1.54) is 0 Å². The highest BCUT2D eigenvalue weighted by molar-refractivity contribution is 5.90. The van der Waals surface area contributed by atoms with Gasteiger partial charge in [-0.05, 0) is 6.92 Å². The first kappa shape index (κ1) is 17.7. The molecule has 1 aromatic rings. The molecule has 1 aliphatic rings. The van der Waals surface area contributed by atoms with E-state index >= 15 is 0 Å². The van der Waals surface area contributed by atoms with Crippen molar-refractivity contribution in [3.05, 3.63) is 18.2 Å². The Morgan fingerprint density at radius 1 is 1.00 bits per heavy atom. The van der Waals surface area contributed by atoms with Crippen molar-refractivity contribution in [2.75, 3.05) is 52.3 Å². The van der Waals surface area contributed by atoms with E-state index in [0.29, 0.717) is 50.0 Å². The van der Waals surface area contributed by atoms with E-state index in [4.69, 9.17) is 14.2 Å². The molecule has 0 aliphatic carbocycles. The number of ether oxygens (including phenoxy) is 3. The third-order valence-electron chi connectivity index (χ3n) is 3.70. The summed E-state index contributed by atoms with van der Waals surface area (Å²) in [7, 11) is 3.10. The van der Waals surface area contributed by atoms with Crippen LogP contribution in [0, 0.1) is 0 Å². The van der Waals surface area contributed by atoms with E-state index in [2.05, 4.69) is 5.32 Å². The number of piperazine rings is 1. The highest BCUT2D eigenvalue weighted by atomic mass is 16.6. The van der Waals surface area contributed by atoms with Crippen molar-refractivity contribution in [2.24, 2.45) is 0 Å². The van der Waals surface area contributed by atoms with Gasteiger partial charge >= 0.3 is 12.1 Å². The van der Waals surface area contributed by atoms with Gasteiger partial charge in [0, 0.05) is 50.1 Å². The first-order valence-corrected chi connectivity index (χ1v) is 7.78. The van der Waals surface area contributed by atoms with Crippen molar-refractivity contribution in [1.82, 2.24) is 9.80 Å². The summed E-state index contributed by atoms with van der Waals surface area (Å²) in [5.41, 5.74) is 0.587. The third-order valence-corrected chi connectivity index (χ3v) is 3.70. The minimum Gasteiger partial charge on any atom is -0.497 e. The average Bonchev–Trinajstić information content (AvgIpc) is 2.61. The van der Waals surface area contributed by atoms with Gasteiger partial charge in [0.25, 0.3) is 0 Å². The smallest absolute Gasteiger partial charge is 0.409 e. The number of methoxy groups -OCH3 is 2. The van der Waals surface area contributed by atoms with Gasteiger partial charge < -0.3 is 29.3 Å². The zero-order valence-corrected chi connectivity index (χ0v) is 14.2. The van der Waals surface area contributed by atoms with E-state index in [9.17, 15) is 9.59 Å². The van der Waals surface area contributed by atoms with E-state index < -0.39 is 0 Å². The van der Waals surface area contributed by atoms with Crippen LogP contribution in [0.15, 0.2) is 18.2 Å². The molecule has 1 fully saturated rings. The normalized spacial score (nSPS) is 14.1. The number of amides is 3. The van der Waals surface area contributed by atoms with E-state index in [0.717, 1.165) is 0 Å². The van der Waals surface area contributed by atoms with Crippen LogP contribution in [-0.2, 0) is 4.74 Å². The SMILES string of the molecule is CCOC(=O)N1CCN(C(=O)Nc2cc(OC)cc(OC)c2)CC1. The Kier molecular flexibility index (Phi) is 6.11. The molecule has 0 atom stereocenters. The minimum absolute atomic E-state index is 0.228. The predicted octanol–water partition coefficient (Wildman–Crippen LogP) is 2.01. The summed E-state index contributed by atoms with van der Waals surface area (Å²) in [6.45, 7) is 3.92. The molecule has 0 radical (unpaired) electrons. The fourth-order valence-electron chi connectivity index (χ4n) is 2.39. The summed E-state index contributed by atoms with van der Waals surface area (Å²) >= 11 is 0. The quantitative estimate of drug-likeness (QED) is 0.909. The van der Waals surface area contributed by atoms with Crippen LogP contribution in [0.2, 0.25) is 0 Å². The minimum atomic E-state index is -0.338. The monoisotopic (exact) mass is 337 g/mol. The van der Waals surface area contributed by atoms with Crippen molar-refractivity contribution >= 4 is 17.8 Å². The van der Waals surface area contributed by atoms with Crippen LogP contribution in [0.4, 0.5) is 15.3 Å². The summed E-state index contributed by atoms with van der Waals surface area (Å²) in [5.74, 6) is 1.19. The lowest BCUT2D eigenvalue weighted by Crippen LogP contribution is -2.51. The highest BCUT2D eigenvalue weighted by Gasteiger charge is 2.25. The number of carbonyl (C=O) groups is 2. The second kappa shape index (κ2) is 8.28. The maximum absolute atomic E-state index is 12.4. The first-order chi connectivity index (χ1) is 11.6. The summed E-state index contributed by atoms with van der Waals surface area (Å²) in [4.78, 5) is 27.3. The number of anilines is 1. The van der Waals surface area contributed by atoms with Crippen LogP contribution < -0.4 is 14.8 Å². The topological polar surface area (TPSA) is 80.3 Å². The second-order valence-electron chi connectivity index (χ2n) is 5.20. The van der Waals surface area contributed by atoms with Crippen molar-refractivity contribution in [3.8, 4) is 11.5 Å². The Hall–Kier alpha value is -2.64. The zero-order chi connectivity index (χ0) is 17.5. The van der Waals surface area contributed by atoms with Gasteiger partial charge in [0.05, 0.1) is 20.8 Å². The molecule has 0 unspecified atom stereocenters. The fourth-order valence-corrected chi connectivity index (χ4v) is 2.39. The molecular weight excluding hydrogens is 314 g/mol. The van der Waals surface area contributed by atoms with Crippen LogP contribution in [0.1, 0.15) is 6.92 Å². The molecule has 1 aliphatic heterocycles. The van der Waals surface area contributed by atoms with Gasteiger partial charge in [-0.1, -0.05) is 0 Å². The first-order valence-electron chi connectivity index (χ1n) is 7.78. The maximum Gasteiger partial charge on any atom is 0.409 e. The Labute approximate surface area is 141 Å². The molecular formula is C16H23N3O5. The summed E-state index contributed by atoms with van der Waals surface area (Å²) in [6, 6.07) is 4.94. The lowest BCUT2D eigenvalue weighted by molar-refractivity contribution is 0.0868. The van der Waals surface area contributed by atoms with E-state index in [-0.39, 0.29) is 12.1 Å². The molecule has 1 aromatic carbocycles. The van der Waals surface area contributed by atoms with Gasteiger partial charge in [0.1, 0.15) is 11.5 Å². The van der Waals surface area contributed by atoms with Crippen molar-refractivity contribution in [3.63, 3.8) is 0 Å². The predicted molar refractivity (Wildman–Crippen MR) is 88.7 cm³/mol. The molecule has 8 nitrogen and oxygen atoms in total. The summed E-state index contributed by atoms with van der Waals surface area (Å²) < 4.78 is 15.3. The summed E-state index contributed by atoms with van der Waals surface area (Å²) in [6.07, 6.45) is -0.338. The number of hydrogen-bond donors (Lipinski definition) is 1. The van der Waals surface area contributed by atoms with Crippen molar-refractivity contribution in [2.45, 2.75) is 6.92 Å². The van der Waals surface area contributed by atoms with E-state index in [1.807, 2.05) is 0 Å². The maximum atomic E-state index is 12.4. The Morgan fingerprint density at radius 2 is 1.54 bits per heavy atom. The standard InChI is InChI=1S/C16H23N3O5/c1-4-24-16(21)19-7-5-18(6-8-19)15(20)17-12-9-13(22-2)11-14(10-12)23-3/h9-11H,4-8H2,1-3H3,(H,17,20). The van der Waals surface area contributed by atoms with Crippen molar-refractivity contribution in [1.29, 1.82) is 0 Å². The van der Waals surface area contributed by atoms with Gasteiger partial charge in [-0.25, -0.2) is 9.59 Å². The average molecular weight is 337 g/mol. The molecule has 1 heterocycles. The molecule has 8 heteroatoms. The molecule has 0 spiro atoms. The van der Waals surface area contributed by atoms with Crippen LogP contribution in [0.25, 0.3) is 0 Å². The molecule has 0 bridgehead atoms. The largest absolute Gasteiger partial charge is 0.497 e. The molecule has 0 saturated carbocycles. The van der Waals surface area contributed by atoms with E-state index in [1.54, 1.807) is 49.1 Å². The molecule has 132 valence electrons. The molecule has 3 amide bonds. The van der Waals surface area contributed by atoms with Crippen LogP contribution in [0.5, 0.6) is 11.5 Å². The number of nitrogens with one attached hydrogen (secondary N) is 1. The molecule has 0 aromatic heterocycles. The zero-order valence-electron chi connectivity index (χ0n) is 14.2. The van der Waals surface area contributed by atoms with Crippen LogP contribution in [-0.4, -0.2) is 68.9 Å². The highest BCUT2D eigenvalue weighted by Crippen LogP contribution is 2.26. The number of benzene rings is 1. The summed E-state index contributed by atoms with van der Waals surface area (Å²) in [5, 5.41) is 2.82. The molecule has 1 N–H and O–H groups in total. The molecule has 2 rings (SSSR count). The van der Waals surface area contributed by atoms with Crippen LogP contribution >= 0.6 is 0 Å². The fraction of sp³-hybridized carbons (Fsp3) is 0.500. The number of rotatable bonds is 4. The van der Waals surface area contributed by atoms with Gasteiger partial charge in [0.15, 0.2) is 0 Å². The number of urea groups is 1. The molecule has 24 heavy (non-hydrogen) atoms. The van der Waals surface area contributed by atoms with Gasteiger partial charge in [0.2, 0.25) is 0 Å². The van der Waals surface area contributed by atoms with Crippen LogP contribution in [0.3, 0.4) is 0 Å². The number of hydrogen-bond acceptors (Lipinski definition) is 5. The Morgan fingerprint density at radius 3 is 2.04 bits per heavy atom. The Bertz CT molecular complexity index is 563. The van der Waals surface area contributed by atoms with Gasteiger partial charge in [-0.15, -0.1) is 0 Å². The number of carbonyl (C=O) groups excluding carboxylic acids is 2. The Balaban J connectivity index is 1.93. The van der Waals surface area contributed by atoms with Gasteiger partial charge in [-0.2, -0.15) is 0 Å². The number of nitrogens with zero attached hydrogens (tertiary/aromatic N) is 2.